The zero-order valence-corrected chi connectivity index (χ0v) is 12.0. The number of aromatic nitrogens is 1. The monoisotopic (exact) mass is 297 g/mol. The van der Waals surface area contributed by atoms with Crippen LogP contribution in [0.2, 0.25) is 5.15 Å². The first-order valence-electron chi connectivity index (χ1n) is 5.69. The third-order valence-electron chi connectivity index (χ3n) is 2.56. The summed E-state index contributed by atoms with van der Waals surface area (Å²) in [7, 11) is 1.59. The molecular weight excluding hydrogens is 285 g/mol. The van der Waals surface area contributed by atoms with E-state index in [-0.39, 0.29) is 5.82 Å². The molecule has 0 aliphatic rings. The van der Waals surface area contributed by atoms with Gasteiger partial charge in [-0.3, -0.25) is 0 Å². The highest BCUT2D eigenvalue weighted by Crippen LogP contribution is 2.26. The summed E-state index contributed by atoms with van der Waals surface area (Å²) in [4.78, 5) is 3.93. The van der Waals surface area contributed by atoms with Crippen molar-refractivity contribution in [3.8, 4) is 5.75 Å². The van der Waals surface area contributed by atoms with Crippen molar-refractivity contribution in [2.24, 2.45) is 0 Å². The number of rotatable bonds is 5. The van der Waals surface area contributed by atoms with Crippen LogP contribution in [-0.2, 0) is 11.5 Å². The van der Waals surface area contributed by atoms with Gasteiger partial charge in [0.15, 0.2) is 0 Å². The number of hydrogen-bond acceptors (Lipinski definition) is 3. The van der Waals surface area contributed by atoms with Crippen molar-refractivity contribution in [1.82, 2.24) is 4.98 Å². The predicted molar refractivity (Wildman–Crippen MR) is 77.2 cm³/mol. The fourth-order valence-electron chi connectivity index (χ4n) is 1.67. The normalized spacial score (nSPS) is 10.5. The molecule has 1 aromatic carbocycles. The zero-order valence-electron chi connectivity index (χ0n) is 10.4. The standard InChI is InChI=1S/C14H13ClFNOS/c1-18-13-3-2-12(16)7-11(13)9-19-8-10-4-5-17-14(15)6-10/h2-7H,8-9H2,1H3. The van der Waals surface area contributed by atoms with E-state index in [1.54, 1.807) is 31.1 Å². The van der Waals surface area contributed by atoms with Gasteiger partial charge in [-0.05, 0) is 35.9 Å². The van der Waals surface area contributed by atoms with Gasteiger partial charge in [0.2, 0.25) is 0 Å². The Morgan fingerprint density at radius 3 is 2.84 bits per heavy atom. The minimum atomic E-state index is -0.247. The lowest BCUT2D eigenvalue weighted by Gasteiger charge is -2.08. The van der Waals surface area contributed by atoms with Gasteiger partial charge < -0.3 is 4.74 Å². The number of halogens is 2. The fourth-order valence-corrected chi connectivity index (χ4v) is 2.83. The number of pyridine rings is 1. The molecule has 1 aromatic heterocycles. The summed E-state index contributed by atoms with van der Waals surface area (Å²) in [5.41, 5.74) is 1.95. The number of hydrogen-bond donors (Lipinski definition) is 0. The van der Waals surface area contributed by atoms with Gasteiger partial charge >= 0.3 is 0 Å². The second kappa shape index (κ2) is 6.78. The Morgan fingerprint density at radius 1 is 1.26 bits per heavy atom. The summed E-state index contributed by atoms with van der Waals surface area (Å²) in [6, 6.07) is 8.30. The highest BCUT2D eigenvalue weighted by Gasteiger charge is 2.05. The summed E-state index contributed by atoms with van der Waals surface area (Å²) in [6.45, 7) is 0. The number of nitrogens with zero attached hydrogens (tertiary/aromatic N) is 1. The second-order valence-corrected chi connectivity index (χ2v) is 5.31. The number of methoxy groups -OCH3 is 1. The first kappa shape index (κ1) is 14.2. The van der Waals surface area contributed by atoms with E-state index in [1.165, 1.54) is 12.1 Å². The van der Waals surface area contributed by atoms with Crippen molar-refractivity contribution in [2.75, 3.05) is 7.11 Å². The molecule has 0 aliphatic carbocycles. The van der Waals surface area contributed by atoms with Gasteiger partial charge in [-0.2, -0.15) is 11.8 Å². The van der Waals surface area contributed by atoms with E-state index in [0.29, 0.717) is 16.7 Å². The Bertz CT molecular complexity index is 565. The van der Waals surface area contributed by atoms with E-state index < -0.39 is 0 Å². The molecule has 0 saturated heterocycles. The lowest BCUT2D eigenvalue weighted by Crippen LogP contribution is -1.92. The summed E-state index contributed by atoms with van der Waals surface area (Å²) >= 11 is 7.49. The third-order valence-corrected chi connectivity index (χ3v) is 3.82. The Balaban J connectivity index is 1.97. The van der Waals surface area contributed by atoms with Crippen LogP contribution in [0.5, 0.6) is 5.75 Å². The van der Waals surface area contributed by atoms with Gasteiger partial charge in [0.25, 0.3) is 0 Å². The quantitative estimate of drug-likeness (QED) is 0.768. The van der Waals surface area contributed by atoms with E-state index in [1.807, 2.05) is 12.1 Å². The summed E-state index contributed by atoms with van der Waals surface area (Å²) in [5.74, 6) is 1.94. The van der Waals surface area contributed by atoms with Crippen LogP contribution in [0.4, 0.5) is 4.39 Å². The van der Waals surface area contributed by atoms with Crippen molar-refractivity contribution >= 4 is 23.4 Å². The van der Waals surface area contributed by atoms with E-state index in [4.69, 9.17) is 16.3 Å². The van der Waals surface area contributed by atoms with Crippen LogP contribution < -0.4 is 4.74 Å². The third kappa shape index (κ3) is 4.11. The maximum atomic E-state index is 13.2. The van der Waals surface area contributed by atoms with E-state index >= 15 is 0 Å². The smallest absolute Gasteiger partial charge is 0.129 e. The minimum absolute atomic E-state index is 0.247. The maximum Gasteiger partial charge on any atom is 0.129 e. The summed E-state index contributed by atoms with van der Waals surface area (Å²) < 4.78 is 18.4. The molecule has 0 aliphatic heterocycles. The average Bonchev–Trinajstić information content (AvgIpc) is 2.39. The average molecular weight is 298 g/mol. The van der Waals surface area contributed by atoms with E-state index in [9.17, 15) is 4.39 Å². The van der Waals surface area contributed by atoms with Crippen LogP contribution in [0.3, 0.4) is 0 Å². The molecule has 2 aromatic rings. The van der Waals surface area contributed by atoms with Crippen LogP contribution in [0.15, 0.2) is 36.5 Å². The largest absolute Gasteiger partial charge is 0.496 e. The topological polar surface area (TPSA) is 22.1 Å². The molecule has 0 atom stereocenters. The fraction of sp³-hybridized carbons (Fsp3) is 0.214. The van der Waals surface area contributed by atoms with Crippen LogP contribution in [0, 0.1) is 5.82 Å². The highest BCUT2D eigenvalue weighted by molar-refractivity contribution is 7.97. The molecule has 0 N–H and O–H groups in total. The molecule has 0 amide bonds. The van der Waals surface area contributed by atoms with Crippen molar-refractivity contribution in [3.05, 3.63) is 58.6 Å². The molecule has 0 spiro atoms. The molecule has 100 valence electrons. The SMILES string of the molecule is COc1ccc(F)cc1CSCc1ccnc(Cl)c1. The van der Waals surface area contributed by atoms with Crippen molar-refractivity contribution in [3.63, 3.8) is 0 Å². The maximum absolute atomic E-state index is 13.2. The van der Waals surface area contributed by atoms with E-state index in [2.05, 4.69) is 4.98 Å². The number of thioether (sulfide) groups is 1. The molecule has 19 heavy (non-hydrogen) atoms. The molecule has 2 rings (SSSR count). The van der Waals surface area contributed by atoms with Gasteiger partial charge in [-0.25, -0.2) is 9.37 Å². The number of benzene rings is 1. The van der Waals surface area contributed by atoms with Crippen LogP contribution in [0.25, 0.3) is 0 Å². The molecule has 5 heteroatoms. The minimum Gasteiger partial charge on any atom is -0.496 e. The van der Waals surface area contributed by atoms with E-state index in [0.717, 1.165) is 16.9 Å². The zero-order chi connectivity index (χ0) is 13.7. The lowest BCUT2D eigenvalue weighted by molar-refractivity contribution is 0.410. The molecule has 1 heterocycles. The Morgan fingerprint density at radius 2 is 2.11 bits per heavy atom. The first-order valence-corrected chi connectivity index (χ1v) is 7.23. The van der Waals surface area contributed by atoms with Gasteiger partial charge in [-0.15, -0.1) is 0 Å². The predicted octanol–water partition coefficient (Wildman–Crippen LogP) is 4.32. The molecule has 2 nitrogen and oxygen atoms in total. The highest BCUT2D eigenvalue weighted by atomic mass is 35.5. The van der Waals surface area contributed by atoms with Gasteiger partial charge in [0.1, 0.15) is 16.7 Å². The Labute approximate surface area is 121 Å². The summed E-state index contributed by atoms with van der Waals surface area (Å²) in [5, 5.41) is 0.487. The lowest BCUT2D eigenvalue weighted by atomic mass is 10.2. The van der Waals surface area contributed by atoms with Crippen LogP contribution in [0.1, 0.15) is 11.1 Å². The number of ether oxygens (including phenoxy) is 1. The summed E-state index contributed by atoms with van der Waals surface area (Å²) in [6.07, 6.45) is 1.68. The van der Waals surface area contributed by atoms with Crippen molar-refractivity contribution in [1.29, 1.82) is 0 Å². The molecule has 0 radical (unpaired) electrons. The molecular formula is C14H13ClFNOS. The van der Waals surface area contributed by atoms with Gasteiger partial charge in [0, 0.05) is 23.3 Å². The van der Waals surface area contributed by atoms with Crippen molar-refractivity contribution < 1.29 is 9.13 Å². The van der Waals surface area contributed by atoms with Gasteiger partial charge in [0.05, 0.1) is 7.11 Å². The van der Waals surface area contributed by atoms with Crippen molar-refractivity contribution in [2.45, 2.75) is 11.5 Å². The Hall–Kier alpha value is -1.26. The molecule has 0 unspecified atom stereocenters. The van der Waals surface area contributed by atoms with Crippen LogP contribution >= 0.6 is 23.4 Å². The van der Waals surface area contributed by atoms with Crippen LogP contribution in [-0.4, -0.2) is 12.1 Å². The Kier molecular flexibility index (Phi) is 5.05. The molecule has 0 bridgehead atoms. The molecule has 0 saturated carbocycles. The second-order valence-electron chi connectivity index (χ2n) is 3.94. The van der Waals surface area contributed by atoms with Gasteiger partial charge in [-0.1, -0.05) is 11.6 Å². The molecule has 0 fully saturated rings. The first-order chi connectivity index (χ1) is 9.19.